The second-order valence-electron chi connectivity index (χ2n) is 7.88. The molecule has 0 bridgehead atoms. The minimum atomic E-state index is -0.928. The molecular weight excluding hydrogens is 398 g/mol. The van der Waals surface area contributed by atoms with Gasteiger partial charge in [0.2, 0.25) is 0 Å². The monoisotopic (exact) mass is 427 g/mol. The van der Waals surface area contributed by atoms with Crippen molar-refractivity contribution in [3.63, 3.8) is 0 Å². The van der Waals surface area contributed by atoms with E-state index in [-0.39, 0.29) is 18.0 Å². The minimum absolute atomic E-state index is 0.0902. The Kier molecular flexibility index (Phi) is 7.28. The van der Waals surface area contributed by atoms with Gasteiger partial charge in [0, 0.05) is 30.9 Å². The van der Waals surface area contributed by atoms with Gasteiger partial charge in [-0.25, -0.2) is 9.48 Å². The first-order chi connectivity index (χ1) is 14.8. The molecule has 3 amide bonds. The van der Waals surface area contributed by atoms with Gasteiger partial charge in [0.15, 0.2) is 6.10 Å². The van der Waals surface area contributed by atoms with Crippen molar-refractivity contribution >= 4 is 29.4 Å². The van der Waals surface area contributed by atoms with E-state index in [2.05, 4.69) is 15.7 Å². The fraction of sp³-hybridized carbons (Fsp3) is 0.455. The molecular formula is C22H29N5O4. The van der Waals surface area contributed by atoms with Gasteiger partial charge in [-0.05, 0) is 45.7 Å². The standard InChI is InChI=1S/C22H29N5O4/c1-15(2)27-19(9-12-23-27)25-20(28)16(3)31-21(29)17-10-13-26(14-11-17)22(30)24-18-7-5-4-6-8-18/h4-9,12,15-17H,10-11,13-14H2,1-3H3,(H,24,30)(H,25,28)/t16-/m0/s1. The predicted octanol–water partition coefficient (Wildman–Crippen LogP) is 3.28. The maximum atomic E-state index is 12.5. The van der Waals surface area contributed by atoms with Gasteiger partial charge < -0.3 is 20.3 Å². The van der Waals surface area contributed by atoms with E-state index >= 15 is 0 Å². The normalized spacial score (nSPS) is 15.4. The third kappa shape index (κ3) is 5.84. The molecule has 1 atom stereocenters. The summed E-state index contributed by atoms with van der Waals surface area (Å²) in [4.78, 5) is 39.0. The molecule has 0 spiro atoms. The number of aromatic nitrogens is 2. The first-order valence-electron chi connectivity index (χ1n) is 10.5. The van der Waals surface area contributed by atoms with Crippen LogP contribution in [-0.2, 0) is 14.3 Å². The molecule has 1 saturated heterocycles. The Morgan fingerprint density at radius 3 is 2.35 bits per heavy atom. The number of nitrogens with zero attached hydrogens (tertiary/aromatic N) is 3. The van der Waals surface area contributed by atoms with Crippen LogP contribution in [0, 0.1) is 5.92 Å². The average Bonchev–Trinajstić information content (AvgIpc) is 3.23. The fourth-order valence-corrected chi connectivity index (χ4v) is 3.42. The largest absolute Gasteiger partial charge is 0.452 e. The van der Waals surface area contributed by atoms with E-state index in [9.17, 15) is 14.4 Å². The number of likely N-dealkylation sites (tertiary alicyclic amines) is 1. The molecule has 2 N–H and O–H groups in total. The fourth-order valence-electron chi connectivity index (χ4n) is 3.42. The van der Waals surface area contributed by atoms with E-state index in [0.717, 1.165) is 5.69 Å². The van der Waals surface area contributed by atoms with E-state index in [4.69, 9.17) is 4.74 Å². The van der Waals surface area contributed by atoms with Crippen LogP contribution in [0.25, 0.3) is 0 Å². The number of rotatable bonds is 6. The van der Waals surface area contributed by atoms with Crippen LogP contribution in [0.1, 0.15) is 39.7 Å². The van der Waals surface area contributed by atoms with Crippen LogP contribution in [0.15, 0.2) is 42.6 Å². The Balaban J connectivity index is 1.45. The number of hydrogen-bond acceptors (Lipinski definition) is 5. The number of benzene rings is 1. The molecule has 0 unspecified atom stereocenters. The van der Waals surface area contributed by atoms with Crippen molar-refractivity contribution in [3.8, 4) is 0 Å². The molecule has 1 aromatic heterocycles. The SMILES string of the molecule is CC(C)n1nccc1NC(=O)[C@H](C)OC(=O)C1CCN(C(=O)Nc2ccccc2)CC1. The second-order valence-corrected chi connectivity index (χ2v) is 7.88. The van der Waals surface area contributed by atoms with Crippen LogP contribution in [0.2, 0.25) is 0 Å². The maximum Gasteiger partial charge on any atom is 0.321 e. The van der Waals surface area contributed by atoms with Gasteiger partial charge in [-0.15, -0.1) is 0 Å². The van der Waals surface area contributed by atoms with Crippen molar-refractivity contribution in [1.29, 1.82) is 0 Å². The van der Waals surface area contributed by atoms with Gasteiger partial charge >= 0.3 is 12.0 Å². The maximum absolute atomic E-state index is 12.5. The Hall–Kier alpha value is -3.36. The number of anilines is 2. The van der Waals surface area contributed by atoms with E-state index in [1.807, 2.05) is 44.2 Å². The molecule has 1 aromatic carbocycles. The zero-order chi connectivity index (χ0) is 22.4. The summed E-state index contributed by atoms with van der Waals surface area (Å²) >= 11 is 0. The van der Waals surface area contributed by atoms with Crippen LogP contribution >= 0.6 is 0 Å². The molecule has 2 aromatic rings. The lowest BCUT2D eigenvalue weighted by molar-refractivity contribution is -0.158. The summed E-state index contributed by atoms with van der Waals surface area (Å²) in [6.45, 7) is 6.36. The van der Waals surface area contributed by atoms with Gasteiger partial charge in [0.1, 0.15) is 5.82 Å². The highest BCUT2D eigenvalue weighted by Crippen LogP contribution is 2.21. The van der Waals surface area contributed by atoms with Crippen molar-refractivity contribution in [1.82, 2.24) is 14.7 Å². The van der Waals surface area contributed by atoms with Crippen molar-refractivity contribution in [2.75, 3.05) is 23.7 Å². The highest BCUT2D eigenvalue weighted by Gasteiger charge is 2.30. The smallest absolute Gasteiger partial charge is 0.321 e. The molecule has 1 aliphatic rings. The van der Waals surface area contributed by atoms with Crippen molar-refractivity contribution < 1.29 is 19.1 Å². The van der Waals surface area contributed by atoms with Crippen LogP contribution in [0.5, 0.6) is 0 Å². The number of para-hydroxylation sites is 1. The Morgan fingerprint density at radius 2 is 1.71 bits per heavy atom. The van der Waals surface area contributed by atoms with Crippen LogP contribution in [-0.4, -0.2) is 51.8 Å². The topological polar surface area (TPSA) is 106 Å². The summed E-state index contributed by atoms with van der Waals surface area (Å²) in [5, 5.41) is 9.76. The molecule has 166 valence electrons. The summed E-state index contributed by atoms with van der Waals surface area (Å²) in [6.07, 6.45) is 1.67. The lowest BCUT2D eigenvalue weighted by atomic mass is 9.97. The molecule has 1 aliphatic heterocycles. The summed E-state index contributed by atoms with van der Waals surface area (Å²) < 4.78 is 7.08. The summed E-state index contributed by atoms with van der Waals surface area (Å²) in [6, 6.07) is 10.8. The van der Waals surface area contributed by atoms with E-state index < -0.39 is 18.0 Å². The zero-order valence-electron chi connectivity index (χ0n) is 18.1. The quantitative estimate of drug-likeness (QED) is 0.688. The summed E-state index contributed by atoms with van der Waals surface area (Å²) in [5.74, 6) is -0.601. The molecule has 0 saturated carbocycles. The first-order valence-corrected chi connectivity index (χ1v) is 10.5. The lowest BCUT2D eigenvalue weighted by Gasteiger charge is -2.31. The summed E-state index contributed by atoms with van der Waals surface area (Å²) in [7, 11) is 0. The number of amides is 3. The third-order valence-electron chi connectivity index (χ3n) is 5.21. The number of ether oxygens (including phenoxy) is 1. The molecule has 2 heterocycles. The number of esters is 1. The van der Waals surface area contributed by atoms with E-state index in [1.165, 1.54) is 0 Å². The van der Waals surface area contributed by atoms with Crippen molar-refractivity contribution in [2.24, 2.45) is 5.92 Å². The van der Waals surface area contributed by atoms with Crippen LogP contribution < -0.4 is 10.6 Å². The Morgan fingerprint density at radius 1 is 1.03 bits per heavy atom. The molecule has 9 nitrogen and oxygen atoms in total. The van der Waals surface area contributed by atoms with Crippen LogP contribution in [0.4, 0.5) is 16.3 Å². The third-order valence-corrected chi connectivity index (χ3v) is 5.21. The number of nitrogens with one attached hydrogen (secondary N) is 2. The average molecular weight is 428 g/mol. The number of carbonyl (C=O) groups is 3. The molecule has 31 heavy (non-hydrogen) atoms. The van der Waals surface area contributed by atoms with Gasteiger partial charge in [0.05, 0.1) is 12.1 Å². The van der Waals surface area contributed by atoms with Crippen molar-refractivity contribution in [2.45, 2.75) is 45.8 Å². The zero-order valence-corrected chi connectivity index (χ0v) is 18.1. The van der Waals surface area contributed by atoms with Gasteiger partial charge in [-0.2, -0.15) is 5.10 Å². The molecule has 1 fully saturated rings. The Bertz CT molecular complexity index is 904. The predicted molar refractivity (Wildman–Crippen MR) is 117 cm³/mol. The molecule has 9 heteroatoms. The van der Waals surface area contributed by atoms with Gasteiger partial charge in [0.25, 0.3) is 5.91 Å². The van der Waals surface area contributed by atoms with E-state index in [1.54, 1.807) is 28.8 Å². The Labute approximate surface area is 181 Å². The van der Waals surface area contributed by atoms with Crippen LogP contribution in [0.3, 0.4) is 0 Å². The molecule has 0 aliphatic carbocycles. The molecule has 3 rings (SSSR count). The lowest BCUT2D eigenvalue weighted by Crippen LogP contribution is -2.43. The number of carbonyl (C=O) groups excluding carboxylic acids is 3. The highest BCUT2D eigenvalue weighted by molar-refractivity contribution is 5.94. The number of piperidine rings is 1. The first kappa shape index (κ1) is 22.3. The number of hydrogen-bond donors (Lipinski definition) is 2. The molecule has 0 radical (unpaired) electrons. The van der Waals surface area contributed by atoms with Gasteiger partial charge in [-0.1, -0.05) is 18.2 Å². The second kappa shape index (κ2) is 10.1. The van der Waals surface area contributed by atoms with E-state index in [0.29, 0.717) is 31.7 Å². The highest BCUT2D eigenvalue weighted by atomic mass is 16.5. The minimum Gasteiger partial charge on any atom is -0.452 e. The summed E-state index contributed by atoms with van der Waals surface area (Å²) in [5.41, 5.74) is 0.729. The van der Waals surface area contributed by atoms with Crippen molar-refractivity contribution in [3.05, 3.63) is 42.6 Å². The van der Waals surface area contributed by atoms with Gasteiger partial charge in [-0.3, -0.25) is 9.59 Å². The number of urea groups is 1.